The van der Waals surface area contributed by atoms with E-state index in [1.54, 1.807) is 0 Å². The number of hydrogen-bond donors (Lipinski definition) is 0. The predicted octanol–water partition coefficient (Wildman–Crippen LogP) is 15.1. The third-order valence-electron chi connectivity index (χ3n) is 11.5. The highest BCUT2D eigenvalue weighted by molar-refractivity contribution is 6.28. The molecular weight excluding hydrogens is 657 g/mol. The molecular formula is C52H30O2. The normalized spacial score (nSPS) is 12.1. The van der Waals surface area contributed by atoms with Crippen molar-refractivity contribution in [3.63, 3.8) is 0 Å². The van der Waals surface area contributed by atoms with Gasteiger partial charge in [-0.1, -0.05) is 152 Å². The van der Waals surface area contributed by atoms with Crippen molar-refractivity contribution in [3.05, 3.63) is 182 Å². The minimum Gasteiger partial charge on any atom is -0.456 e. The molecule has 0 spiro atoms. The molecule has 0 fully saturated rings. The van der Waals surface area contributed by atoms with Crippen LogP contribution in [0, 0.1) is 0 Å². The molecule has 0 aliphatic heterocycles. The third kappa shape index (κ3) is 4.17. The summed E-state index contributed by atoms with van der Waals surface area (Å²) in [5, 5.41) is 14.2. The monoisotopic (exact) mass is 686 g/mol. The molecule has 0 atom stereocenters. The summed E-state index contributed by atoms with van der Waals surface area (Å²) in [6, 6.07) is 65.7. The van der Waals surface area contributed by atoms with Crippen LogP contribution < -0.4 is 0 Å². The summed E-state index contributed by atoms with van der Waals surface area (Å²) in [5.74, 6) is 0. The lowest BCUT2D eigenvalue weighted by Gasteiger charge is -2.19. The molecule has 0 N–H and O–H groups in total. The third-order valence-corrected chi connectivity index (χ3v) is 11.5. The van der Waals surface area contributed by atoms with Crippen molar-refractivity contribution in [1.29, 1.82) is 0 Å². The van der Waals surface area contributed by atoms with Crippen molar-refractivity contribution in [2.24, 2.45) is 0 Å². The first-order valence-corrected chi connectivity index (χ1v) is 18.5. The smallest absolute Gasteiger partial charge is 0.143 e. The Morgan fingerprint density at radius 1 is 0.278 bits per heavy atom. The van der Waals surface area contributed by atoms with Gasteiger partial charge in [0.15, 0.2) is 0 Å². The van der Waals surface area contributed by atoms with Gasteiger partial charge in [-0.3, -0.25) is 0 Å². The molecule has 2 nitrogen and oxygen atoms in total. The van der Waals surface area contributed by atoms with Crippen LogP contribution in [0.3, 0.4) is 0 Å². The van der Waals surface area contributed by atoms with E-state index in [0.29, 0.717) is 0 Å². The Balaban J connectivity index is 1.02. The molecule has 0 unspecified atom stereocenters. The number of rotatable bonds is 3. The van der Waals surface area contributed by atoms with Gasteiger partial charge in [-0.05, 0) is 101 Å². The molecule has 0 saturated carbocycles. The van der Waals surface area contributed by atoms with E-state index in [-0.39, 0.29) is 0 Å². The van der Waals surface area contributed by atoms with Gasteiger partial charge in [-0.15, -0.1) is 0 Å². The number of benzene rings is 10. The minimum atomic E-state index is 0.872. The molecule has 0 saturated heterocycles. The van der Waals surface area contributed by atoms with E-state index in [0.717, 1.165) is 65.8 Å². The van der Waals surface area contributed by atoms with E-state index >= 15 is 0 Å². The molecule has 2 aromatic heterocycles. The Hall–Kier alpha value is -7.16. The molecule has 54 heavy (non-hydrogen) atoms. The van der Waals surface area contributed by atoms with Crippen LogP contribution in [0.15, 0.2) is 191 Å². The Kier molecular flexibility index (Phi) is 6.09. The SMILES string of the molecule is c1ccc2c(-c3c4ccccc4c(-c4ccc(-c5ccc6ccc7c(oc8ccc9oc%10ccccc%10c9c87)c6c5)cc4)c4ccccc34)cccc2c1. The van der Waals surface area contributed by atoms with Gasteiger partial charge >= 0.3 is 0 Å². The topological polar surface area (TPSA) is 26.3 Å². The molecule has 12 rings (SSSR count). The van der Waals surface area contributed by atoms with Crippen LogP contribution in [0.5, 0.6) is 0 Å². The number of fused-ring (bicyclic) bond motifs is 12. The van der Waals surface area contributed by atoms with Crippen molar-refractivity contribution in [2.45, 2.75) is 0 Å². The quantitative estimate of drug-likeness (QED) is 0.173. The van der Waals surface area contributed by atoms with Gasteiger partial charge in [0.25, 0.3) is 0 Å². The molecule has 0 aliphatic rings. The zero-order valence-corrected chi connectivity index (χ0v) is 29.1. The minimum absolute atomic E-state index is 0.872. The van der Waals surface area contributed by atoms with E-state index in [1.807, 2.05) is 24.3 Å². The highest BCUT2D eigenvalue weighted by Gasteiger charge is 2.20. The Labute approximate surface area is 310 Å². The number of hydrogen-bond acceptors (Lipinski definition) is 2. The summed E-state index contributed by atoms with van der Waals surface area (Å²) in [7, 11) is 0. The lowest BCUT2D eigenvalue weighted by atomic mass is 9.84. The summed E-state index contributed by atoms with van der Waals surface area (Å²) < 4.78 is 12.9. The number of furan rings is 2. The van der Waals surface area contributed by atoms with Gasteiger partial charge in [0.05, 0.1) is 0 Å². The lowest BCUT2D eigenvalue weighted by molar-refractivity contribution is 0.664. The van der Waals surface area contributed by atoms with Gasteiger partial charge in [0.2, 0.25) is 0 Å². The summed E-state index contributed by atoms with van der Waals surface area (Å²) in [6.45, 7) is 0. The van der Waals surface area contributed by atoms with Gasteiger partial charge in [0.1, 0.15) is 22.3 Å². The second kappa shape index (κ2) is 11.2. The highest BCUT2D eigenvalue weighted by atomic mass is 16.3. The standard InChI is InChI=1S/C52H30O2/c1-2-12-36-32(10-1)11-9-18-37(36)49-40-15-5-3-13-38(40)48(39-14-4-6-16-41(39)49)34-23-20-31(21-24-34)35-25-22-33-26-27-43-51-47(54-52(43)44(33)30-35)29-28-46-50(51)42-17-7-8-19-45(42)53-46/h1-30H. The molecule has 2 heterocycles. The fourth-order valence-corrected chi connectivity index (χ4v) is 9.04. The van der Waals surface area contributed by atoms with E-state index in [2.05, 4.69) is 158 Å². The summed E-state index contributed by atoms with van der Waals surface area (Å²) in [5.41, 5.74) is 10.9. The first kappa shape index (κ1) is 29.4. The summed E-state index contributed by atoms with van der Waals surface area (Å²) >= 11 is 0. The molecule has 10 aromatic carbocycles. The molecule has 0 aliphatic carbocycles. The Bertz CT molecular complexity index is 3430. The second-order valence-corrected chi connectivity index (χ2v) is 14.3. The first-order chi connectivity index (χ1) is 26.8. The van der Waals surface area contributed by atoms with Crippen molar-refractivity contribution < 1.29 is 8.83 Å². The molecule has 250 valence electrons. The van der Waals surface area contributed by atoms with Crippen molar-refractivity contribution >= 4 is 87.0 Å². The van der Waals surface area contributed by atoms with Crippen molar-refractivity contribution in [3.8, 4) is 33.4 Å². The zero-order chi connectivity index (χ0) is 35.3. The van der Waals surface area contributed by atoms with Crippen LogP contribution in [-0.4, -0.2) is 0 Å². The van der Waals surface area contributed by atoms with Crippen molar-refractivity contribution in [2.75, 3.05) is 0 Å². The predicted molar refractivity (Wildman–Crippen MR) is 227 cm³/mol. The van der Waals surface area contributed by atoms with Crippen molar-refractivity contribution in [1.82, 2.24) is 0 Å². The van der Waals surface area contributed by atoms with E-state index < -0.39 is 0 Å². The Morgan fingerprint density at radius 3 is 1.57 bits per heavy atom. The van der Waals surface area contributed by atoms with Gasteiger partial charge < -0.3 is 8.83 Å². The van der Waals surface area contributed by atoms with Crippen LogP contribution >= 0.6 is 0 Å². The van der Waals surface area contributed by atoms with E-state index in [9.17, 15) is 0 Å². The fourth-order valence-electron chi connectivity index (χ4n) is 9.04. The summed E-state index contributed by atoms with van der Waals surface area (Å²) in [6.07, 6.45) is 0. The molecule has 2 heteroatoms. The van der Waals surface area contributed by atoms with Gasteiger partial charge in [-0.25, -0.2) is 0 Å². The molecule has 0 radical (unpaired) electrons. The Morgan fingerprint density at radius 2 is 0.815 bits per heavy atom. The van der Waals surface area contributed by atoms with Crippen LogP contribution in [0.1, 0.15) is 0 Å². The molecule has 12 aromatic rings. The number of para-hydroxylation sites is 1. The van der Waals surface area contributed by atoms with E-state index in [4.69, 9.17) is 8.83 Å². The second-order valence-electron chi connectivity index (χ2n) is 14.3. The fraction of sp³-hybridized carbons (Fsp3) is 0. The summed E-state index contributed by atoms with van der Waals surface area (Å²) in [4.78, 5) is 0. The van der Waals surface area contributed by atoms with Gasteiger partial charge in [-0.2, -0.15) is 0 Å². The van der Waals surface area contributed by atoms with Crippen LogP contribution in [0.25, 0.3) is 120 Å². The average molecular weight is 687 g/mol. The first-order valence-electron chi connectivity index (χ1n) is 18.5. The average Bonchev–Trinajstić information content (AvgIpc) is 3.81. The van der Waals surface area contributed by atoms with Gasteiger partial charge in [0, 0.05) is 26.9 Å². The molecule has 0 bridgehead atoms. The molecule has 0 amide bonds. The van der Waals surface area contributed by atoms with E-state index in [1.165, 1.54) is 54.6 Å². The maximum atomic E-state index is 6.67. The maximum absolute atomic E-state index is 6.67. The lowest BCUT2D eigenvalue weighted by Crippen LogP contribution is -1.91. The highest BCUT2D eigenvalue weighted by Crippen LogP contribution is 2.46. The van der Waals surface area contributed by atoms with Crippen LogP contribution in [0.4, 0.5) is 0 Å². The van der Waals surface area contributed by atoms with Crippen LogP contribution in [0.2, 0.25) is 0 Å². The maximum Gasteiger partial charge on any atom is 0.143 e. The van der Waals surface area contributed by atoms with Crippen LogP contribution in [-0.2, 0) is 0 Å². The zero-order valence-electron chi connectivity index (χ0n) is 29.1. The largest absolute Gasteiger partial charge is 0.456 e.